The molecule has 18 heavy (non-hydrogen) atoms. The molecule has 0 aliphatic carbocycles. The minimum Gasteiger partial charge on any atom is -0.465 e. The van der Waals surface area contributed by atoms with E-state index in [9.17, 15) is 18.0 Å². The molecule has 2 N–H and O–H groups in total. The molecule has 1 atom stereocenters. The van der Waals surface area contributed by atoms with Crippen LogP contribution in [0.5, 0.6) is 0 Å². The molecule has 0 heterocycles. The molecule has 0 bridgehead atoms. The predicted octanol–water partition coefficient (Wildman–Crippen LogP) is 2.87. The molecule has 0 aliphatic heterocycles. The van der Waals surface area contributed by atoms with Crippen LogP contribution in [-0.2, 0) is 9.53 Å². The van der Waals surface area contributed by atoms with Gasteiger partial charge in [-0.2, -0.15) is 13.2 Å². The highest BCUT2D eigenvalue weighted by Crippen LogP contribution is 2.21. The summed E-state index contributed by atoms with van der Waals surface area (Å²) in [4.78, 5) is 11.5. The van der Waals surface area contributed by atoms with Crippen molar-refractivity contribution in [1.29, 1.82) is 0 Å². The maximum absolute atomic E-state index is 11.9. The molecule has 0 aliphatic rings. The Morgan fingerprint density at radius 2 is 2.11 bits per heavy atom. The van der Waals surface area contributed by atoms with Crippen LogP contribution in [0.3, 0.4) is 0 Å². The van der Waals surface area contributed by atoms with E-state index in [0.29, 0.717) is 11.3 Å². The summed E-state index contributed by atoms with van der Waals surface area (Å²) >= 11 is 0. The van der Waals surface area contributed by atoms with Gasteiger partial charge in [0.15, 0.2) is 0 Å². The van der Waals surface area contributed by atoms with Gasteiger partial charge in [-0.1, -0.05) is 12.1 Å². The molecular weight excluding hydrogens is 247 g/mol. The lowest BCUT2D eigenvalue weighted by Gasteiger charge is -2.13. The van der Waals surface area contributed by atoms with Crippen LogP contribution in [0.15, 0.2) is 24.3 Å². The standard InChI is InChI=1S/C12H14F3NO2/c1-8(9-3-2-4-10(16)7-9)11(17)18-6-5-12(13,14)15/h2-4,7-8H,5-6,16H2,1H3. The van der Waals surface area contributed by atoms with Gasteiger partial charge in [0.05, 0.1) is 18.9 Å². The fraction of sp³-hybridized carbons (Fsp3) is 0.417. The van der Waals surface area contributed by atoms with Crippen LogP contribution in [-0.4, -0.2) is 18.8 Å². The first kappa shape index (κ1) is 14.3. The third-order valence-electron chi connectivity index (χ3n) is 2.39. The van der Waals surface area contributed by atoms with Crippen molar-refractivity contribution < 1.29 is 22.7 Å². The summed E-state index contributed by atoms with van der Waals surface area (Å²) in [7, 11) is 0. The van der Waals surface area contributed by atoms with Crippen LogP contribution in [0.2, 0.25) is 0 Å². The molecule has 0 amide bonds. The highest BCUT2D eigenvalue weighted by Gasteiger charge is 2.28. The Balaban J connectivity index is 2.52. The number of carbonyl (C=O) groups is 1. The van der Waals surface area contributed by atoms with E-state index >= 15 is 0 Å². The number of benzene rings is 1. The fourth-order valence-corrected chi connectivity index (χ4v) is 1.36. The lowest BCUT2D eigenvalue weighted by Crippen LogP contribution is -2.18. The number of hydrogen-bond acceptors (Lipinski definition) is 3. The molecule has 0 saturated heterocycles. The van der Waals surface area contributed by atoms with Gasteiger partial charge in [-0.25, -0.2) is 0 Å². The summed E-state index contributed by atoms with van der Waals surface area (Å²) in [5.41, 5.74) is 6.66. The predicted molar refractivity (Wildman–Crippen MR) is 60.9 cm³/mol. The highest BCUT2D eigenvalue weighted by atomic mass is 19.4. The number of ether oxygens (including phenoxy) is 1. The van der Waals surface area contributed by atoms with Crippen LogP contribution in [0.1, 0.15) is 24.8 Å². The van der Waals surface area contributed by atoms with E-state index < -0.39 is 31.1 Å². The Morgan fingerprint density at radius 3 is 2.67 bits per heavy atom. The first-order chi connectivity index (χ1) is 8.29. The molecule has 6 heteroatoms. The summed E-state index contributed by atoms with van der Waals surface area (Å²) in [5, 5.41) is 0. The number of alkyl halides is 3. The van der Waals surface area contributed by atoms with Crippen LogP contribution in [0.4, 0.5) is 18.9 Å². The molecule has 0 aromatic heterocycles. The number of hydrogen-bond donors (Lipinski definition) is 1. The average molecular weight is 261 g/mol. The van der Waals surface area contributed by atoms with Gasteiger partial charge in [0.1, 0.15) is 0 Å². The Bertz CT molecular complexity index is 418. The second-order valence-electron chi connectivity index (χ2n) is 3.92. The van der Waals surface area contributed by atoms with Gasteiger partial charge in [-0.15, -0.1) is 0 Å². The van der Waals surface area contributed by atoms with E-state index in [2.05, 4.69) is 4.74 Å². The summed E-state index contributed by atoms with van der Waals surface area (Å²) in [6, 6.07) is 6.59. The lowest BCUT2D eigenvalue weighted by atomic mass is 10.0. The molecule has 1 aromatic rings. The zero-order chi connectivity index (χ0) is 13.8. The quantitative estimate of drug-likeness (QED) is 0.669. The molecule has 1 rings (SSSR count). The van der Waals surface area contributed by atoms with Gasteiger partial charge in [-0.05, 0) is 24.6 Å². The highest BCUT2D eigenvalue weighted by molar-refractivity contribution is 5.78. The smallest absolute Gasteiger partial charge is 0.392 e. The van der Waals surface area contributed by atoms with Crippen LogP contribution >= 0.6 is 0 Å². The number of halogens is 3. The van der Waals surface area contributed by atoms with E-state index in [1.165, 1.54) is 0 Å². The molecule has 1 aromatic carbocycles. The maximum atomic E-state index is 11.9. The van der Waals surface area contributed by atoms with Crippen LogP contribution < -0.4 is 5.73 Å². The molecule has 0 fully saturated rings. The molecule has 100 valence electrons. The Morgan fingerprint density at radius 1 is 1.44 bits per heavy atom. The number of anilines is 1. The topological polar surface area (TPSA) is 52.3 Å². The van der Waals surface area contributed by atoms with Gasteiger partial charge in [-0.3, -0.25) is 4.79 Å². The van der Waals surface area contributed by atoms with Crippen molar-refractivity contribution in [2.75, 3.05) is 12.3 Å². The summed E-state index contributed by atoms with van der Waals surface area (Å²) in [6.07, 6.45) is -5.46. The van der Waals surface area contributed by atoms with Crippen molar-refractivity contribution >= 4 is 11.7 Å². The average Bonchev–Trinajstić information content (AvgIpc) is 2.26. The molecule has 3 nitrogen and oxygen atoms in total. The third kappa shape index (κ3) is 4.65. The Hall–Kier alpha value is -1.72. The number of carbonyl (C=O) groups excluding carboxylic acids is 1. The number of nitrogen functional groups attached to an aromatic ring is 1. The van der Waals surface area contributed by atoms with Crippen molar-refractivity contribution in [1.82, 2.24) is 0 Å². The van der Waals surface area contributed by atoms with E-state index in [0.717, 1.165) is 0 Å². The zero-order valence-electron chi connectivity index (χ0n) is 9.83. The summed E-state index contributed by atoms with van der Waals surface area (Å²) < 4.78 is 40.2. The fourth-order valence-electron chi connectivity index (χ4n) is 1.36. The van der Waals surface area contributed by atoms with Gasteiger partial charge in [0, 0.05) is 5.69 Å². The van der Waals surface area contributed by atoms with Crippen molar-refractivity contribution in [3.05, 3.63) is 29.8 Å². The van der Waals surface area contributed by atoms with Crippen molar-refractivity contribution in [2.45, 2.75) is 25.4 Å². The van der Waals surface area contributed by atoms with E-state index in [4.69, 9.17) is 5.73 Å². The number of rotatable bonds is 4. The minimum atomic E-state index is -4.32. The van der Waals surface area contributed by atoms with Crippen LogP contribution in [0, 0.1) is 0 Å². The van der Waals surface area contributed by atoms with Crippen LogP contribution in [0.25, 0.3) is 0 Å². The molecule has 0 radical (unpaired) electrons. The summed E-state index contributed by atoms with van der Waals surface area (Å²) in [6.45, 7) is 0.902. The number of esters is 1. The first-order valence-corrected chi connectivity index (χ1v) is 5.38. The monoisotopic (exact) mass is 261 g/mol. The second kappa shape index (κ2) is 5.75. The van der Waals surface area contributed by atoms with Crippen molar-refractivity contribution in [2.24, 2.45) is 0 Å². The van der Waals surface area contributed by atoms with Crippen molar-refractivity contribution in [3.8, 4) is 0 Å². The van der Waals surface area contributed by atoms with Crippen molar-refractivity contribution in [3.63, 3.8) is 0 Å². The Labute approximate surface area is 103 Å². The second-order valence-corrected chi connectivity index (χ2v) is 3.92. The van der Waals surface area contributed by atoms with Gasteiger partial charge in [0.2, 0.25) is 0 Å². The lowest BCUT2D eigenvalue weighted by molar-refractivity contribution is -0.159. The normalized spacial score (nSPS) is 13.1. The maximum Gasteiger partial charge on any atom is 0.392 e. The molecule has 1 unspecified atom stereocenters. The largest absolute Gasteiger partial charge is 0.465 e. The zero-order valence-corrected chi connectivity index (χ0v) is 9.83. The SMILES string of the molecule is CC(C(=O)OCCC(F)(F)F)c1cccc(N)c1. The van der Waals surface area contributed by atoms with E-state index in [1.807, 2.05) is 0 Å². The van der Waals surface area contributed by atoms with Gasteiger partial charge < -0.3 is 10.5 Å². The Kier molecular flexibility index (Phi) is 4.58. The van der Waals surface area contributed by atoms with Gasteiger partial charge in [0.25, 0.3) is 0 Å². The molecule has 0 spiro atoms. The minimum absolute atomic E-state index is 0.488. The summed E-state index contributed by atoms with van der Waals surface area (Å²) in [5.74, 6) is -1.33. The molecule has 0 saturated carbocycles. The van der Waals surface area contributed by atoms with Gasteiger partial charge >= 0.3 is 12.1 Å². The first-order valence-electron chi connectivity index (χ1n) is 5.38. The van der Waals surface area contributed by atoms with E-state index in [-0.39, 0.29) is 0 Å². The number of nitrogens with two attached hydrogens (primary N) is 1. The van der Waals surface area contributed by atoms with E-state index in [1.54, 1.807) is 31.2 Å². The third-order valence-corrected chi connectivity index (χ3v) is 2.39. The molecular formula is C12H14F3NO2.